The van der Waals surface area contributed by atoms with Gasteiger partial charge in [0, 0.05) is 45.7 Å². The molecule has 4 aromatic rings. The summed E-state index contributed by atoms with van der Waals surface area (Å²) in [4.78, 5) is 2.26. The van der Waals surface area contributed by atoms with Gasteiger partial charge in [0.25, 0.3) is 0 Å². The first-order valence-electron chi connectivity index (χ1n) is 14.0. The number of aromatic nitrogens is 1. The minimum absolute atomic E-state index is 0.215. The Bertz CT molecular complexity index is 1860. The lowest BCUT2D eigenvalue weighted by molar-refractivity contribution is 0.659. The van der Waals surface area contributed by atoms with Gasteiger partial charge < -0.3 is 9.47 Å². The monoisotopic (exact) mass is 534 g/mol. The van der Waals surface area contributed by atoms with E-state index < -0.39 is 0 Å². The number of fused-ring (bicyclic) bond motifs is 4. The Hall–Kier alpha value is -4.82. The molecule has 5 rings (SSSR count). The summed E-state index contributed by atoms with van der Waals surface area (Å²) in [6.07, 6.45) is 15.8. The zero-order chi connectivity index (χ0) is 29.5. The molecule has 0 atom stereocenters. The van der Waals surface area contributed by atoms with Gasteiger partial charge in [-0.25, -0.2) is 0 Å². The molecule has 0 bridgehead atoms. The van der Waals surface area contributed by atoms with E-state index in [0.717, 1.165) is 33.7 Å². The molecule has 0 saturated heterocycles. The molecule has 204 valence electrons. The first kappa shape index (κ1) is 27.7. The predicted molar refractivity (Wildman–Crippen MR) is 183 cm³/mol. The van der Waals surface area contributed by atoms with Crippen molar-refractivity contribution in [2.75, 3.05) is 4.90 Å². The Balaban J connectivity index is 1.90. The van der Waals surface area contributed by atoms with Crippen LogP contribution >= 0.6 is 0 Å². The first-order chi connectivity index (χ1) is 19.8. The second-order valence-electron chi connectivity index (χ2n) is 10.8. The van der Waals surface area contributed by atoms with Crippen LogP contribution in [0.4, 0.5) is 11.4 Å². The molecule has 2 nitrogen and oxygen atoms in total. The number of benzene rings is 3. The molecule has 0 aliphatic heterocycles. The first-order valence-corrected chi connectivity index (χ1v) is 14.0. The highest BCUT2D eigenvalue weighted by molar-refractivity contribution is 6.09. The standard InChI is InChI=1S/C39H38N2/c1-10-18-26(12-3)41(27-22-23-31-30-20-16-17-21-35(30)40(9)36(31)24-27)37-25-34-38(29(14-5)28(37)13-4)32(19-11-2)33(15-6)39(34,7)8/h10-25H,1-5H2,6-9H3/b26-18+,32-19+,33-15+. The minimum Gasteiger partial charge on any atom is -0.344 e. The average molecular weight is 535 g/mol. The molecular formula is C39H38N2. The van der Waals surface area contributed by atoms with Crippen LogP contribution in [-0.2, 0) is 12.5 Å². The van der Waals surface area contributed by atoms with E-state index in [1.807, 2.05) is 36.5 Å². The maximum atomic E-state index is 4.27. The third-order valence-corrected chi connectivity index (χ3v) is 8.43. The van der Waals surface area contributed by atoms with E-state index in [1.165, 1.54) is 38.6 Å². The number of para-hydroxylation sites is 1. The zero-order valence-corrected chi connectivity index (χ0v) is 24.7. The molecule has 3 aromatic carbocycles. The fourth-order valence-electron chi connectivity index (χ4n) is 6.59. The van der Waals surface area contributed by atoms with Gasteiger partial charge in [-0.2, -0.15) is 0 Å². The molecule has 1 aliphatic rings. The second-order valence-corrected chi connectivity index (χ2v) is 10.8. The normalized spacial score (nSPS) is 16.2. The van der Waals surface area contributed by atoms with Gasteiger partial charge in [-0.1, -0.05) is 107 Å². The predicted octanol–water partition coefficient (Wildman–Crippen LogP) is 10.8. The van der Waals surface area contributed by atoms with Gasteiger partial charge in [0.05, 0.1) is 11.2 Å². The van der Waals surface area contributed by atoms with Gasteiger partial charge >= 0.3 is 0 Å². The van der Waals surface area contributed by atoms with E-state index in [2.05, 4.69) is 131 Å². The van der Waals surface area contributed by atoms with E-state index in [-0.39, 0.29) is 5.41 Å². The fourth-order valence-corrected chi connectivity index (χ4v) is 6.59. The molecule has 1 aliphatic carbocycles. The van der Waals surface area contributed by atoms with Gasteiger partial charge in [-0.05, 0) is 71.2 Å². The van der Waals surface area contributed by atoms with Gasteiger partial charge in [-0.15, -0.1) is 0 Å². The molecule has 2 heteroatoms. The van der Waals surface area contributed by atoms with Crippen molar-refractivity contribution >= 4 is 50.9 Å². The summed E-state index contributed by atoms with van der Waals surface area (Å²) in [5.74, 6) is 0. The number of anilines is 2. The molecule has 1 heterocycles. The van der Waals surface area contributed by atoms with Crippen LogP contribution in [-0.4, -0.2) is 4.57 Å². The van der Waals surface area contributed by atoms with Gasteiger partial charge in [-0.3, -0.25) is 0 Å². The van der Waals surface area contributed by atoms with Crippen molar-refractivity contribution in [1.82, 2.24) is 4.57 Å². The van der Waals surface area contributed by atoms with E-state index in [4.69, 9.17) is 0 Å². The largest absolute Gasteiger partial charge is 0.344 e. The number of allylic oxidation sites excluding steroid dienone is 8. The Morgan fingerprint density at radius 1 is 0.854 bits per heavy atom. The molecule has 0 N–H and O–H groups in total. The van der Waals surface area contributed by atoms with Gasteiger partial charge in [0.15, 0.2) is 0 Å². The van der Waals surface area contributed by atoms with Gasteiger partial charge in [0.1, 0.15) is 0 Å². The smallest absolute Gasteiger partial charge is 0.0543 e. The quantitative estimate of drug-likeness (QED) is 0.204. The van der Waals surface area contributed by atoms with Crippen molar-refractivity contribution in [3.8, 4) is 0 Å². The summed E-state index contributed by atoms with van der Waals surface area (Å²) >= 11 is 0. The summed E-state index contributed by atoms with van der Waals surface area (Å²) in [7, 11) is 2.13. The van der Waals surface area contributed by atoms with Crippen molar-refractivity contribution in [3.63, 3.8) is 0 Å². The zero-order valence-electron chi connectivity index (χ0n) is 24.7. The minimum atomic E-state index is -0.215. The van der Waals surface area contributed by atoms with E-state index >= 15 is 0 Å². The molecule has 0 radical (unpaired) electrons. The van der Waals surface area contributed by atoms with Gasteiger partial charge in [0.2, 0.25) is 0 Å². The van der Waals surface area contributed by atoms with Crippen LogP contribution in [0, 0.1) is 0 Å². The molecular weight excluding hydrogens is 496 g/mol. The Kier molecular flexibility index (Phi) is 7.19. The number of hydrogen-bond acceptors (Lipinski definition) is 1. The number of rotatable bonds is 8. The third kappa shape index (κ3) is 4.10. The van der Waals surface area contributed by atoms with Crippen LogP contribution in [0.1, 0.15) is 43.0 Å². The second kappa shape index (κ2) is 10.6. The lowest BCUT2D eigenvalue weighted by Gasteiger charge is -2.31. The van der Waals surface area contributed by atoms with Crippen LogP contribution in [0.5, 0.6) is 0 Å². The highest BCUT2D eigenvalue weighted by Crippen LogP contribution is 2.54. The summed E-state index contributed by atoms with van der Waals surface area (Å²) < 4.78 is 2.26. The molecule has 0 saturated carbocycles. The lowest BCUT2D eigenvalue weighted by atomic mass is 9.81. The summed E-state index contributed by atoms with van der Waals surface area (Å²) in [6, 6.07) is 17.5. The lowest BCUT2D eigenvalue weighted by Crippen LogP contribution is -2.20. The van der Waals surface area contributed by atoms with Crippen molar-refractivity contribution in [2.45, 2.75) is 26.2 Å². The van der Waals surface area contributed by atoms with Crippen molar-refractivity contribution in [3.05, 3.63) is 151 Å². The number of nitrogens with zero attached hydrogens (tertiary/aromatic N) is 2. The molecule has 41 heavy (non-hydrogen) atoms. The summed E-state index contributed by atoms with van der Waals surface area (Å²) in [6.45, 7) is 27.4. The van der Waals surface area contributed by atoms with Crippen molar-refractivity contribution in [1.29, 1.82) is 0 Å². The van der Waals surface area contributed by atoms with Crippen LogP contribution < -0.4 is 4.90 Å². The highest BCUT2D eigenvalue weighted by atomic mass is 15.2. The third-order valence-electron chi connectivity index (χ3n) is 8.43. The number of aryl methyl sites for hydroxylation is 1. The topological polar surface area (TPSA) is 8.17 Å². The Labute approximate surface area is 244 Å². The number of hydrogen-bond donors (Lipinski definition) is 0. The molecule has 0 unspecified atom stereocenters. The molecule has 0 fully saturated rings. The van der Waals surface area contributed by atoms with E-state index in [1.54, 1.807) is 0 Å². The molecule has 1 aromatic heterocycles. The summed E-state index contributed by atoms with van der Waals surface area (Å²) in [5.41, 5.74) is 12.1. The van der Waals surface area contributed by atoms with Crippen LogP contribution in [0.25, 0.3) is 39.5 Å². The molecule has 0 amide bonds. The SMILES string of the molecule is C=C/C=C1\C(=C/C)C(C)(C)c2cc(N(/C(C=C)=C/C=C)c3ccc4c5ccccc5n(C)c4c3)c(C=C)c(C=C)c21. The maximum absolute atomic E-state index is 4.27. The Morgan fingerprint density at radius 2 is 1.56 bits per heavy atom. The fraction of sp³-hybridized carbons (Fsp3) is 0.128. The van der Waals surface area contributed by atoms with Crippen LogP contribution in [0.15, 0.2) is 129 Å². The average Bonchev–Trinajstić information content (AvgIpc) is 3.38. The van der Waals surface area contributed by atoms with Crippen LogP contribution in [0.3, 0.4) is 0 Å². The highest BCUT2D eigenvalue weighted by Gasteiger charge is 2.40. The van der Waals surface area contributed by atoms with E-state index in [9.17, 15) is 0 Å². The van der Waals surface area contributed by atoms with E-state index in [0.29, 0.717) is 0 Å². The molecule has 0 spiro atoms. The van der Waals surface area contributed by atoms with Crippen molar-refractivity contribution < 1.29 is 0 Å². The maximum Gasteiger partial charge on any atom is 0.0543 e. The Morgan fingerprint density at radius 3 is 2.20 bits per heavy atom. The van der Waals surface area contributed by atoms with Crippen LogP contribution in [0.2, 0.25) is 0 Å². The summed E-state index contributed by atoms with van der Waals surface area (Å²) in [5, 5.41) is 2.47. The van der Waals surface area contributed by atoms with Crippen molar-refractivity contribution in [2.24, 2.45) is 7.05 Å².